The van der Waals surface area contributed by atoms with Crippen molar-refractivity contribution in [3.63, 3.8) is 0 Å². The molecule has 37 heavy (non-hydrogen) atoms. The molecule has 3 aromatic rings. The highest BCUT2D eigenvalue weighted by Crippen LogP contribution is 2.35. The van der Waals surface area contributed by atoms with Gasteiger partial charge in [0.25, 0.3) is 10.0 Å². The average molecular weight is 562 g/mol. The molecular weight excluding hydrogens is 534 g/mol. The van der Waals surface area contributed by atoms with E-state index >= 15 is 0 Å². The number of carbonyl (C=O) groups excluding carboxylic acids is 1. The molecule has 1 aliphatic heterocycles. The second-order valence-corrected chi connectivity index (χ2v) is 12.8. The molecular formula is C26H28ClN3O5S2. The minimum absolute atomic E-state index is 0.152. The van der Waals surface area contributed by atoms with Gasteiger partial charge in [0.1, 0.15) is 0 Å². The van der Waals surface area contributed by atoms with Gasteiger partial charge in [0.15, 0.2) is 0 Å². The van der Waals surface area contributed by atoms with Crippen molar-refractivity contribution >= 4 is 48.9 Å². The molecule has 0 saturated carbocycles. The van der Waals surface area contributed by atoms with Crippen LogP contribution in [0.3, 0.4) is 0 Å². The molecule has 4 rings (SSSR count). The van der Waals surface area contributed by atoms with Gasteiger partial charge < -0.3 is 5.32 Å². The van der Waals surface area contributed by atoms with E-state index in [2.05, 4.69) is 10.0 Å². The van der Waals surface area contributed by atoms with Crippen molar-refractivity contribution in [2.24, 2.45) is 0 Å². The Balaban J connectivity index is 1.40. The molecule has 0 unspecified atom stereocenters. The lowest BCUT2D eigenvalue weighted by molar-refractivity contribution is -0.116. The Morgan fingerprint density at radius 1 is 0.946 bits per heavy atom. The van der Waals surface area contributed by atoms with Gasteiger partial charge in [-0.2, -0.15) is 0 Å². The molecule has 0 fully saturated rings. The second-order valence-electron chi connectivity index (χ2n) is 8.71. The number of hydrogen-bond acceptors (Lipinski definition) is 5. The number of rotatable bonds is 10. The molecule has 1 heterocycles. The van der Waals surface area contributed by atoms with Crippen LogP contribution in [-0.4, -0.2) is 35.8 Å². The molecule has 196 valence electrons. The number of nitrogens with one attached hydrogen (secondary N) is 2. The number of sulfonamides is 2. The van der Waals surface area contributed by atoms with Gasteiger partial charge in [-0.15, -0.1) is 0 Å². The Morgan fingerprint density at radius 2 is 1.62 bits per heavy atom. The third-order valence-electron chi connectivity index (χ3n) is 6.04. The molecule has 0 atom stereocenters. The highest BCUT2D eigenvalue weighted by molar-refractivity contribution is 7.92. The highest BCUT2D eigenvalue weighted by Gasteiger charge is 2.31. The zero-order valence-electron chi connectivity index (χ0n) is 20.3. The smallest absolute Gasteiger partial charge is 0.264 e. The van der Waals surface area contributed by atoms with E-state index in [1.165, 1.54) is 40.7 Å². The summed E-state index contributed by atoms with van der Waals surface area (Å²) < 4.78 is 54.7. The zero-order valence-corrected chi connectivity index (χ0v) is 22.7. The molecule has 8 nitrogen and oxygen atoms in total. The van der Waals surface area contributed by atoms with Crippen LogP contribution in [0, 0.1) is 0 Å². The summed E-state index contributed by atoms with van der Waals surface area (Å²) in [5.74, 6) is -0.230. The van der Waals surface area contributed by atoms with Crippen LogP contribution in [0.4, 0.5) is 11.4 Å². The Labute approximate surface area is 222 Å². The Bertz CT molecular complexity index is 1490. The minimum atomic E-state index is -3.77. The molecule has 0 bridgehead atoms. The maximum atomic E-state index is 13.2. The van der Waals surface area contributed by atoms with E-state index < -0.39 is 20.0 Å². The molecule has 1 aliphatic rings. The van der Waals surface area contributed by atoms with Gasteiger partial charge in [-0.05, 0) is 78.9 Å². The molecule has 11 heteroatoms. The van der Waals surface area contributed by atoms with Crippen molar-refractivity contribution in [3.8, 4) is 0 Å². The van der Waals surface area contributed by atoms with E-state index in [0.29, 0.717) is 48.7 Å². The number of aryl methyl sites for hydroxylation is 1. The first-order chi connectivity index (χ1) is 17.6. The van der Waals surface area contributed by atoms with Crippen molar-refractivity contribution in [1.82, 2.24) is 4.72 Å². The van der Waals surface area contributed by atoms with Gasteiger partial charge in [-0.25, -0.2) is 21.6 Å². The zero-order chi connectivity index (χ0) is 26.6. The fourth-order valence-corrected chi connectivity index (χ4v) is 6.80. The number of carbonyl (C=O) groups is 1. The lowest BCUT2D eigenvalue weighted by Crippen LogP contribution is -2.29. The fourth-order valence-electron chi connectivity index (χ4n) is 4.05. The van der Waals surface area contributed by atoms with Crippen LogP contribution in [-0.2, 0) is 37.7 Å². The summed E-state index contributed by atoms with van der Waals surface area (Å²) in [6.45, 7) is 2.58. The van der Waals surface area contributed by atoms with Gasteiger partial charge in [0, 0.05) is 30.2 Å². The molecule has 0 aromatic heterocycles. The largest absolute Gasteiger partial charge is 0.326 e. The van der Waals surface area contributed by atoms with E-state index in [1.807, 2.05) is 13.0 Å². The van der Waals surface area contributed by atoms with Crippen LogP contribution in [0.2, 0.25) is 5.02 Å². The summed E-state index contributed by atoms with van der Waals surface area (Å²) in [5, 5.41) is 3.29. The third kappa shape index (κ3) is 6.32. The molecule has 0 radical (unpaired) electrons. The molecule has 2 N–H and O–H groups in total. The van der Waals surface area contributed by atoms with Crippen molar-refractivity contribution in [2.75, 3.05) is 22.7 Å². The van der Waals surface area contributed by atoms with Crippen molar-refractivity contribution < 1.29 is 21.6 Å². The highest BCUT2D eigenvalue weighted by atomic mass is 35.5. The standard InChI is InChI=1S/C26H28ClN3O5S2/c1-2-16-28-36(32,33)23-10-3-19(4-11-23)5-14-26(31)29-22-9-6-20-15-17-30(25(20)18-22)37(34,35)24-12-7-21(27)8-13-24/h3-4,6-13,18,28H,2,5,14-17H2,1H3,(H,29,31). The second kappa shape index (κ2) is 11.2. The summed E-state index contributed by atoms with van der Waals surface area (Å²) in [6.07, 6.45) is 1.89. The third-order valence-corrected chi connectivity index (χ3v) is 9.60. The normalized spacial score (nSPS) is 13.4. The van der Waals surface area contributed by atoms with Gasteiger partial charge in [-0.1, -0.05) is 36.7 Å². The van der Waals surface area contributed by atoms with E-state index in [9.17, 15) is 21.6 Å². The van der Waals surface area contributed by atoms with E-state index in [0.717, 1.165) is 11.1 Å². The lowest BCUT2D eigenvalue weighted by atomic mass is 10.1. The predicted octanol–water partition coefficient (Wildman–Crippen LogP) is 4.35. The van der Waals surface area contributed by atoms with Gasteiger partial charge in [0.05, 0.1) is 15.5 Å². The predicted molar refractivity (Wildman–Crippen MR) is 145 cm³/mol. The average Bonchev–Trinajstić information content (AvgIpc) is 3.31. The maximum absolute atomic E-state index is 13.2. The molecule has 0 saturated heterocycles. The van der Waals surface area contributed by atoms with Gasteiger partial charge in [0.2, 0.25) is 15.9 Å². The number of halogens is 1. The van der Waals surface area contributed by atoms with Crippen molar-refractivity contribution in [2.45, 2.75) is 42.4 Å². The summed E-state index contributed by atoms with van der Waals surface area (Å²) >= 11 is 5.90. The number of amides is 1. The van der Waals surface area contributed by atoms with Crippen LogP contribution >= 0.6 is 11.6 Å². The van der Waals surface area contributed by atoms with Gasteiger partial charge >= 0.3 is 0 Å². The van der Waals surface area contributed by atoms with Crippen molar-refractivity contribution in [3.05, 3.63) is 82.9 Å². The number of nitrogens with zero attached hydrogens (tertiary/aromatic N) is 1. The van der Waals surface area contributed by atoms with Crippen LogP contribution in [0.25, 0.3) is 0 Å². The topological polar surface area (TPSA) is 113 Å². The van der Waals surface area contributed by atoms with Crippen LogP contribution in [0.15, 0.2) is 76.5 Å². The molecule has 1 amide bonds. The summed E-state index contributed by atoms with van der Waals surface area (Å²) in [7, 11) is -7.30. The van der Waals surface area contributed by atoms with Gasteiger partial charge in [-0.3, -0.25) is 9.10 Å². The molecule has 0 spiro atoms. The summed E-state index contributed by atoms with van der Waals surface area (Å²) in [4.78, 5) is 12.9. The van der Waals surface area contributed by atoms with Crippen LogP contribution in [0.1, 0.15) is 30.9 Å². The fraction of sp³-hybridized carbons (Fsp3) is 0.269. The van der Waals surface area contributed by atoms with Crippen LogP contribution in [0.5, 0.6) is 0 Å². The molecule has 0 aliphatic carbocycles. The van der Waals surface area contributed by atoms with E-state index in [4.69, 9.17) is 11.6 Å². The SMILES string of the molecule is CCCNS(=O)(=O)c1ccc(CCC(=O)Nc2ccc3c(c2)N(S(=O)(=O)c2ccc(Cl)cc2)CC3)cc1. The number of fused-ring (bicyclic) bond motifs is 1. The number of anilines is 2. The van der Waals surface area contributed by atoms with Crippen molar-refractivity contribution in [1.29, 1.82) is 0 Å². The minimum Gasteiger partial charge on any atom is -0.326 e. The van der Waals surface area contributed by atoms with Crippen LogP contribution < -0.4 is 14.3 Å². The van der Waals surface area contributed by atoms with E-state index in [-0.39, 0.29) is 22.1 Å². The lowest BCUT2D eigenvalue weighted by Gasteiger charge is -2.20. The Kier molecular flexibility index (Phi) is 8.23. The number of hydrogen-bond donors (Lipinski definition) is 2. The first-order valence-corrected chi connectivity index (χ1v) is 15.2. The first kappa shape index (κ1) is 27.1. The number of benzene rings is 3. The molecule has 3 aromatic carbocycles. The summed E-state index contributed by atoms with van der Waals surface area (Å²) in [5.41, 5.74) is 2.77. The monoisotopic (exact) mass is 561 g/mol. The quantitative estimate of drug-likeness (QED) is 0.382. The first-order valence-electron chi connectivity index (χ1n) is 11.9. The Morgan fingerprint density at radius 3 is 2.30 bits per heavy atom. The Hall–Kier alpha value is -2.92. The maximum Gasteiger partial charge on any atom is 0.264 e. The van der Waals surface area contributed by atoms with E-state index in [1.54, 1.807) is 24.3 Å². The summed E-state index contributed by atoms with van der Waals surface area (Å²) in [6, 6.07) is 17.8.